The Kier molecular flexibility index (Phi) is 2.36. The number of aromatic nitrogens is 4. The predicted octanol–water partition coefficient (Wildman–Crippen LogP) is 0.697. The molecule has 0 spiro atoms. The van der Waals surface area contributed by atoms with Gasteiger partial charge in [-0.25, -0.2) is 0 Å². The van der Waals surface area contributed by atoms with Gasteiger partial charge in [-0.15, -0.1) is 16.4 Å². The summed E-state index contributed by atoms with van der Waals surface area (Å²) in [5, 5.41) is 7.60. The first-order valence-corrected chi connectivity index (χ1v) is 4.90. The third-order valence-corrected chi connectivity index (χ3v) is 2.51. The van der Waals surface area contributed by atoms with Gasteiger partial charge in [0.1, 0.15) is 0 Å². The van der Waals surface area contributed by atoms with E-state index in [1.807, 2.05) is 0 Å². The van der Waals surface area contributed by atoms with E-state index in [1.165, 1.54) is 11.3 Å². The van der Waals surface area contributed by atoms with Gasteiger partial charge in [0.25, 0.3) is 0 Å². The SMILES string of the molecule is Cn1cc(CC(=O)c2cncs2)nn1. The number of thiazole rings is 1. The number of hydrogen-bond donors (Lipinski definition) is 0. The second-order valence-corrected chi connectivity index (χ2v) is 3.74. The van der Waals surface area contributed by atoms with E-state index < -0.39 is 0 Å². The molecular formula is C8H8N4OS. The molecule has 72 valence electrons. The monoisotopic (exact) mass is 208 g/mol. The number of carbonyl (C=O) groups is 1. The van der Waals surface area contributed by atoms with E-state index in [-0.39, 0.29) is 12.2 Å². The average molecular weight is 208 g/mol. The first-order chi connectivity index (χ1) is 6.75. The minimum atomic E-state index is 0.0352. The van der Waals surface area contributed by atoms with E-state index in [2.05, 4.69) is 15.3 Å². The maximum Gasteiger partial charge on any atom is 0.180 e. The largest absolute Gasteiger partial charge is 0.293 e. The van der Waals surface area contributed by atoms with Gasteiger partial charge in [-0.1, -0.05) is 5.21 Å². The number of aryl methyl sites for hydroxylation is 1. The van der Waals surface area contributed by atoms with E-state index in [0.29, 0.717) is 10.6 Å². The van der Waals surface area contributed by atoms with Crippen LogP contribution in [0.25, 0.3) is 0 Å². The number of rotatable bonds is 3. The summed E-state index contributed by atoms with van der Waals surface area (Å²) < 4.78 is 1.58. The maximum absolute atomic E-state index is 11.6. The van der Waals surface area contributed by atoms with Crippen LogP contribution in [0.5, 0.6) is 0 Å². The molecule has 2 aromatic heterocycles. The fourth-order valence-electron chi connectivity index (χ4n) is 1.08. The molecule has 5 nitrogen and oxygen atoms in total. The molecule has 0 amide bonds. The lowest BCUT2D eigenvalue weighted by Gasteiger charge is -1.91. The Morgan fingerprint density at radius 3 is 3.07 bits per heavy atom. The second kappa shape index (κ2) is 3.67. The summed E-state index contributed by atoms with van der Waals surface area (Å²) in [7, 11) is 1.77. The van der Waals surface area contributed by atoms with Gasteiger partial charge in [0.05, 0.1) is 22.5 Å². The molecule has 0 aliphatic heterocycles. The number of carbonyl (C=O) groups excluding carboxylic acids is 1. The zero-order chi connectivity index (χ0) is 9.97. The van der Waals surface area contributed by atoms with Crippen molar-refractivity contribution >= 4 is 17.1 Å². The lowest BCUT2D eigenvalue weighted by Crippen LogP contribution is -2.01. The average Bonchev–Trinajstić information content (AvgIpc) is 2.75. The van der Waals surface area contributed by atoms with Crippen LogP contribution in [0.4, 0.5) is 0 Å². The highest BCUT2D eigenvalue weighted by molar-refractivity contribution is 7.11. The van der Waals surface area contributed by atoms with Crippen LogP contribution in [0.1, 0.15) is 15.4 Å². The number of hydrogen-bond acceptors (Lipinski definition) is 5. The highest BCUT2D eigenvalue weighted by Crippen LogP contribution is 2.09. The van der Waals surface area contributed by atoms with Crippen LogP contribution in [0.2, 0.25) is 0 Å². The van der Waals surface area contributed by atoms with Gasteiger partial charge in [0.15, 0.2) is 5.78 Å². The van der Waals surface area contributed by atoms with Gasteiger partial charge in [-0.05, 0) is 0 Å². The Hall–Kier alpha value is -1.56. The van der Waals surface area contributed by atoms with E-state index >= 15 is 0 Å². The summed E-state index contributed by atoms with van der Waals surface area (Å²) in [5.41, 5.74) is 2.33. The van der Waals surface area contributed by atoms with Crippen LogP contribution in [0.15, 0.2) is 17.9 Å². The van der Waals surface area contributed by atoms with Crippen LogP contribution in [0, 0.1) is 0 Å². The molecule has 0 unspecified atom stereocenters. The number of Topliss-reactive ketones (excluding diaryl/α,β-unsaturated/α-hetero) is 1. The predicted molar refractivity (Wildman–Crippen MR) is 51.2 cm³/mol. The van der Waals surface area contributed by atoms with Gasteiger partial charge in [0.2, 0.25) is 0 Å². The van der Waals surface area contributed by atoms with Crippen LogP contribution >= 0.6 is 11.3 Å². The molecule has 0 saturated heterocycles. The Morgan fingerprint density at radius 2 is 2.50 bits per heavy atom. The van der Waals surface area contributed by atoms with Crippen molar-refractivity contribution in [2.75, 3.05) is 0 Å². The van der Waals surface area contributed by atoms with Gasteiger partial charge < -0.3 is 0 Å². The second-order valence-electron chi connectivity index (χ2n) is 2.85. The Bertz CT molecular complexity index is 434. The summed E-state index contributed by atoms with van der Waals surface area (Å²) in [4.78, 5) is 16.1. The standard InChI is InChI=1S/C8H8N4OS/c1-12-4-6(10-11-12)2-7(13)8-3-9-5-14-8/h3-5H,2H2,1H3. The minimum absolute atomic E-state index is 0.0352. The van der Waals surface area contributed by atoms with Crippen molar-refractivity contribution in [2.45, 2.75) is 6.42 Å². The van der Waals surface area contributed by atoms with Crippen molar-refractivity contribution in [1.29, 1.82) is 0 Å². The van der Waals surface area contributed by atoms with E-state index in [0.717, 1.165) is 0 Å². The summed E-state index contributed by atoms with van der Waals surface area (Å²) in [6.07, 6.45) is 3.60. The summed E-state index contributed by atoms with van der Waals surface area (Å²) in [5.74, 6) is 0.0352. The van der Waals surface area contributed by atoms with Crippen molar-refractivity contribution < 1.29 is 4.79 Å². The molecule has 0 bridgehead atoms. The molecule has 2 heterocycles. The molecule has 0 radical (unpaired) electrons. The highest BCUT2D eigenvalue weighted by Gasteiger charge is 2.10. The third kappa shape index (κ3) is 1.85. The zero-order valence-electron chi connectivity index (χ0n) is 7.54. The van der Waals surface area contributed by atoms with Crippen molar-refractivity contribution in [3.63, 3.8) is 0 Å². The molecule has 0 N–H and O–H groups in total. The first-order valence-electron chi connectivity index (χ1n) is 4.02. The summed E-state index contributed by atoms with van der Waals surface area (Å²) >= 11 is 1.34. The van der Waals surface area contributed by atoms with E-state index in [1.54, 1.807) is 29.6 Å². The van der Waals surface area contributed by atoms with Gasteiger partial charge in [-0.2, -0.15) is 0 Å². The van der Waals surface area contributed by atoms with Gasteiger partial charge in [0, 0.05) is 19.4 Å². The quantitative estimate of drug-likeness (QED) is 0.696. The molecule has 2 aromatic rings. The molecule has 0 saturated carbocycles. The highest BCUT2D eigenvalue weighted by atomic mass is 32.1. The van der Waals surface area contributed by atoms with Crippen LogP contribution < -0.4 is 0 Å². The lowest BCUT2D eigenvalue weighted by molar-refractivity contribution is 0.0995. The molecule has 0 aliphatic rings. The Morgan fingerprint density at radius 1 is 1.64 bits per heavy atom. The van der Waals surface area contributed by atoms with Crippen molar-refractivity contribution in [2.24, 2.45) is 7.05 Å². The van der Waals surface area contributed by atoms with Gasteiger partial charge >= 0.3 is 0 Å². The normalized spacial score (nSPS) is 10.4. The van der Waals surface area contributed by atoms with Crippen LogP contribution in [-0.4, -0.2) is 25.8 Å². The number of nitrogens with zero attached hydrogens (tertiary/aromatic N) is 4. The lowest BCUT2D eigenvalue weighted by atomic mass is 10.2. The molecule has 6 heteroatoms. The topological polar surface area (TPSA) is 60.7 Å². The van der Waals surface area contributed by atoms with Crippen molar-refractivity contribution in [1.82, 2.24) is 20.0 Å². The fraction of sp³-hybridized carbons (Fsp3) is 0.250. The maximum atomic E-state index is 11.6. The number of ketones is 1. The smallest absolute Gasteiger partial charge is 0.180 e. The first kappa shape index (κ1) is 9.01. The third-order valence-electron chi connectivity index (χ3n) is 1.70. The Balaban J connectivity index is 2.09. The molecule has 0 atom stereocenters. The fourth-order valence-corrected chi connectivity index (χ4v) is 1.64. The van der Waals surface area contributed by atoms with Crippen molar-refractivity contribution in [3.05, 3.63) is 28.5 Å². The molecule has 14 heavy (non-hydrogen) atoms. The van der Waals surface area contributed by atoms with Gasteiger partial charge in [-0.3, -0.25) is 14.5 Å². The van der Waals surface area contributed by atoms with Crippen molar-refractivity contribution in [3.8, 4) is 0 Å². The minimum Gasteiger partial charge on any atom is -0.293 e. The van der Waals surface area contributed by atoms with Crippen LogP contribution in [0.3, 0.4) is 0 Å². The van der Waals surface area contributed by atoms with Crippen LogP contribution in [-0.2, 0) is 13.5 Å². The summed E-state index contributed by atoms with van der Waals surface area (Å²) in [6, 6.07) is 0. The molecule has 0 fully saturated rings. The Labute approximate surface area is 84.4 Å². The molecule has 0 aromatic carbocycles. The van der Waals surface area contributed by atoms with E-state index in [9.17, 15) is 4.79 Å². The molecule has 2 rings (SSSR count). The zero-order valence-corrected chi connectivity index (χ0v) is 8.36. The van der Waals surface area contributed by atoms with E-state index in [4.69, 9.17) is 0 Å². The molecule has 0 aliphatic carbocycles. The summed E-state index contributed by atoms with van der Waals surface area (Å²) in [6.45, 7) is 0. The molecular weight excluding hydrogens is 200 g/mol.